The summed E-state index contributed by atoms with van der Waals surface area (Å²) in [7, 11) is 8.57. The zero-order valence-electron chi connectivity index (χ0n) is 47.0. The summed E-state index contributed by atoms with van der Waals surface area (Å²) in [6, 6.07) is 11.7. The highest BCUT2D eigenvalue weighted by Gasteiger charge is 2.62. The van der Waals surface area contributed by atoms with Gasteiger partial charge in [0.2, 0.25) is 5.91 Å². The van der Waals surface area contributed by atoms with E-state index in [9.17, 15) is 54.3 Å². The van der Waals surface area contributed by atoms with Gasteiger partial charge in [-0.15, -0.1) is 0 Å². The summed E-state index contributed by atoms with van der Waals surface area (Å²) in [5.41, 5.74) is 2.06. The quantitative estimate of drug-likeness (QED) is 0.0587. The van der Waals surface area contributed by atoms with Crippen molar-refractivity contribution < 1.29 is 63.8 Å². The monoisotopic (exact) mass is 1100 g/mol. The van der Waals surface area contributed by atoms with E-state index in [1.54, 1.807) is 69.6 Å². The second-order valence-corrected chi connectivity index (χ2v) is 22.7. The Hall–Kier alpha value is -6.17. The number of benzene rings is 2. The van der Waals surface area contributed by atoms with Gasteiger partial charge in [-0.05, 0) is 143 Å². The maximum absolute atomic E-state index is 14.1. The van der Waals surface area contributed by atoms with Crippen LogP contribution in [0.2, 0.25) is 0 Å². The third-order valence-corrected chi connectivity index (χ3v) is 17.0. The van der Waals surface area contributed by atoms with Gasteiger partial charge in [0, 0.05) is 78.4 Å². The number of amides is 2. The molecule has 3 aromatic rings. The van der Waals surface area contributed by atoms with Crippen LogP contribution in [0.4, 0.5) is 0 Å². The molecule has 4 aliphatic carbocycles. The lowest BCUT2D eigenvalue weighted by molar-refractivity contribution is -0.169. The van der Waals surface area contributed by atoms with Crippen LogP contribution < -0.4 is 14.8 Å². The standard InChI is InChI=1S/C57H83N9O13/c1-36(2)42-32-39(13-14-44(42)66-46(52-47(78-6)11-8-12-48(52)79-7)33-43(59-66)53(72)58-57(56(76)77)40-28-37-27-38(30-40)31-41(57)29-37)54(73)62(5)20-10-18-60(3)17-9-19-61(4)49(67)16-15-45(55(74)75)65-25-23-63(34-50(68)69)21-22-64(24-26-65)35-51(70)71/h8,11-14,32-33,36-38,40-41,45,53,58,72H,9-10,15-31,34-35H2,1-7H3,(H,68,69)(H,70,71)(H,74,75)(H,76,77). The third-order valence-electron chi connectivity index (χ3n) is 17.0. The van der Waals surface area contributed by atoms with Crippen molar-refractivity contribution in [2.45, 2.75) is 95.4 Å². The number of aliphatic hydroxyl groups excluding tert-OH is 1. The molecule has 2 aromatic carbocycles. The number of carbonyl (C=O) groups excluding carboxylic acids is 2. The van der Waals surface area contributed by atoms with Crippen LogP contribution in [-0.2, 0) is 24.0 Å². The molecule has 0 radical (unpaired) electrons. The molecule has 2 heterocycles. The average Bonchev–Trinajstić information content (AvgIpc) is 3.94. The molecule has 0 spiro atoms. The molecule has 5 aliphatic rings. The van der Waals surface area contributed by atoms with Crippen molar-refractivity contribution in [3.05, 3.63) is 59.3 Å². The second-order valence-electron chi connectivity index (χ2n) is 22.7. The predicted molar refractivity (Wildman–Crippen MR) is 293 cm³/mol. The van der Waals surface area contributed by atoms with Gasteiger partial charge in [0.25, 0.3) is 5.91 Å². The first kappa shape index (κ1) is 60.5. The van der Waals surface area contributed by atoms with Gasteiger partial charge < -0.3 is 49.7 Å². The molecule has 2 unspecified atom stereocenters. The first-order valence-corrected chi connectivity index (χ1v) is 27.8. The van der Waals surface area contributed by atoms with Gasteiger partial charge in [0.15, 0.2) is 6.23 Å². The van der Waals surface area contributed by atoms with Gasteiger partial charge in [-0.25, -0.2) is 4.68 Å². The van der Waals surface area contributed by atoms with E-state index >= 15 is 0 Å². The number of hydrogen-bond donors (Lipinski definition) is 6. The molecule has 5 fully saturated rings. The Bertz CT molecular complexity index is 2570. The molecule has 2 atom stereocenters. The molecule has 22 heteroatoms. The first-order chi connectivity index (χ1) is 37.6. The summed E-state index contributed by atoms with van der Waals surface area (Å²) in [4.78, 5) is 86.7. The van der Waals surface area contributed by atoms with Crippen molar-refractivity contribution in [3.8, 4) is 28.4 Å². The van der Waals surface area contributed by atoms with E-state index in [2.05, 4.69) is 10.2 Å². The zero-order chi connectivity index (χ0) is 57.3. The lowest BCUT2D eigenvalue weighted by Crippen LogP contribution is -2.69. The van der Waals surface area contributed by atoms with Crippen molar-refractivity contribution in [1.82, 2.24) is 44.5 Å². The molecule has 1 saturated heterocycles. The molecule has 1 aliphatic heterocycles. The van der Waals surface area contributed by atoms with Crippen molar-refractivity contribution in [3.63, 3.8) is 0 Å². The highest BCUT2D eigenvalue weighted by Crippen LogP contribution is 2.59. The SMILES string of the molecule is COc1cccc(OC)c1-c1cc(C(O)NC2(C(=O)O)C3CC4CC(C3)CC2C4)nn1-c1ccc(C(=O)N(C)CCCN(C)CCCN(C)C(=O)CCC(C(=O)O)N2CCN(CC(=O)O)CCN(CC(=O)O)CC2)cc1C(C)C. The highest BCUT2D eigenvalue weighted by atomic mass is 16.5. The van der Waals surface area contributed by atoms with Crippen molar-refractivity contribution in [2.24, 2.45) is 23.7 Å². The summed E-state index contributed by atoms with van der Waals surface area (Å²) in [6.07, 6.45) is 4.40. The molecular weight excluding hydrogens is 1020 g/mol. The van der Waals surface area contributed by atoms with Crippen LogP contribution in [0.25, 0.3) is 16.9 Å². The van der Waals surface area contributed by atoms with Crippen LogP contribution in [0.1, 0.15) is 105 Å². The maximum Gasteiger partial charge on any atom is 0.324 e. The summed E-state index contributed by atoms with van der Waals surface area (Å²) >= 11 is 0. The molecule has 1 aromatic heterocycles. The number of carboxylic acid groups (broad SMARTS) is 4. The predicted octanol–water partition coefficient (Wildman–Crippen LogP) is 4.10. The number of aliphatic hydroxyl groups is 1. The number of rotatable bonds is 27. The minimum absolute atomic E-state index is 0.0116. The van der Waals surface area contributed by atoms with Crippen LogP contribution in [0.5, 0.6) is 11.5 Å². The van der Waals surface area contributed by atoms with Gasteiger partial charge in [-0.3, -0.25) is 48.8 Å². The molecular formula is C57H83N9O13. The molecule has 4 saturated carbocycles. The van der Waals surface area contributed by atoms with E-state index in [0.717, 1.165) is 37.7 Å². The van der Waals surface area contributed by atoms with E-state index in [4.69, 9.17) is 14.6 Å². The van der Waals surface area contributed by atoms with Crippen molar-refractivity contribution >= 4 is 35.7 Å². The van der Waals surface area contributed by atoms with Crippen LogP contribution in [0.3, 0.4) is 0 Å². The minimum atomic E-state index is -1.41. The van der Waals surface area contributed by atoms with E-state index in [1.807, 2.05) is 51.2 Å². The van der Waals surface area contributed by atoms with E-state index in [-0.39, 0.29) is 87.4 Å². The first-order valence-electron chi connectivity index (χ1n) is 27.8. The van der Waals surface area contributed by atoms with E-state index in [0.29, 0.717) is 98.0 Å². The van der Waals surface area contributed by atoms with Gasteiger partial charge in [0.05, 0.1) is 44.3 Å². The van der Waals surface area contributed by atoms with Crippen molar-refractivity contribution in [2.75, 3.05) is 114 Å². The third kappa shape index (κ3) is 14.4. The summed E-state index contributed by atoms with van der Waals surface area (Å²) < 4.78 is 13.4. The molecule has 2 amide bonds. The number of methoxy groups -OCH3 is 2. The smallest absolute Gasteiger partial charge is 0.324 e. The fourth-order valence-corrected chi connectivity index (χ4v) is 13.0. The minimum Gasteiger partial charge on any atom is -0.496 e. The Morgan fingerprint density at radius 3 is 1.78 bits per heavy atom. The summed E-state index contributed by atoms with van der Waals surface area (Å²) in [5, 5.41) is 60.3. The van der Waals surface area contributed by atoms with E-state index < -0.39 is 41.7 Å². The topological polar surface area (TPSA) is 271 Å². The molecule has 6 N–H and O–H groups in total. The Morgan fingerprint density at radius 2 is 1.28 bits per heavy atom. The molecule has 4 bridgehead atoms. The maximum atomic E-state index is 14.1. The molecule has 434 valence electrons. The molecule has 8 rings (SSSR count). The van der Waals surface area contributed by atoms with Crippen LogP contribution in [0.15, 0.2) is 42.5 Å². The van der Waals surface area contributed by atoms with Gasteiger partial charge in [-0.2, -0.15) is 5.10 Å². The average molecular weight is 1100 g/mol. The summed E-state index contributed by atoms with van der Waals surface area (Å²) in [6.45, 7) is 7.55. The fourth-order valence-electron chi connectivity index (χ4n) is 13.0. The normalized spacial score (nSPS) is 22.5. The number of carbonyl (C=O) groups is 6. The van der Waals surface area contributed by atoms with Crippen LogP contribution >= 0.6 is 0 Å². The molecule has 22 nitrogen and oxygen atoms in total. The fraction of sp³-hybridized carbons (Fsp3) is 0.632. The van der Waals surface area contributed by atoms with Gasteiger partial charge in [0.1, 0.15) is 28.8 Å². The van der Waals surface area contributed by atoms with Crippen molar-refractivity contribution in [1.29, 1.82) is 0 Å². The number of carboxylic acids is 4. The highest BCUT2D eigenvalue weighted by molar-refractivity contribution is 5.94. The Kier molecular flexibility index (Phi) is 20.6. The van der Waals surface area contributed by atoms with Crippen LogP contribution in [-0.4, -0.2) is 226 Å². The number of aromatic nitrogens is 2. The lowest BCUT2D eigenvalue weighted by Gasteiger charge is -2.59. The second kappa shape index (κ2) is 26.9. The van der Waals surface area contributed by atoms with E-state index in [1.165, 1.54) is 0 Å². The number of aliphatic carboxylic acids is 4. The number of hydrogen-bond acceptors (Lipinski definition) is 15. The largest absolute Gasteiger partial charge is 0.496 e. The summed E-state index contributed by atoms with van der Waals surface area (Å²) in [5.74, 6) is -2.69. The van der Waals surface area contributed by atoms with Crippen LogP contribution in [0, 0.1) is 23.7 Å². The number of nitrogens with one attached hydrogen (secondary N) is 1. The Labute approximate surface area is 463 Å². The van der Waals surface area contributed by atoms with Gasteiger partial charge in [-0.1, -0.05) is 19.9 Å². The number of nitrogens with zero attached hydrogens (tertiary/aromatic N) is 8. The zero-order valence-corrected chi connectivity index (χ0v) is 47.0. The Morgan fingerprint density at radius 1 is 0.734 bits per heavy atom. The number of ether oxygens (including phenoxy) is 2. The van der Waals surface area contributed by atoms with Gasteiger partial charge >= 0.3 is 23.9 Å². The molecule has 79 heavy (non-hydrogen) atoms. The lowest BCUT2D eigenvalue weighted by atomic mass is 9.48. The Balaban J connectivity index is 0.954.